The van der Waals surface area contributed by atoms with Crippen LogP contribution in [0, 0.1) is 13.8 Å². The van der Waals surface area contributed by atoms with Gasteiger partial charge in [0.1, 0.15) is 18.2 Å². The Bertz CT molecular complexity index is 698. The molecule has 1 heterocycles. The molecule has 1 aromatic heterocycles. The molecule has 1 atom stereocenters. The number of nitrogens with zero attached hydrogens (tertiary/aromatic N) is 3. The fourth-order valence-corrected chi connectivity index (χ4v) is 3.63. The van der Waals surface area contributed by atoms with Crippen LogP contribution in [0.15, 0.2) is 23.4 Å². The molecule has 1 unspecified atom stereocenters. The van der Waals surface area contributed by atoms with Crippen LogP contribution in [0.3, 0.4) is 0 Å². The van der Waals surface area contributed by atoms with Gasteiger partial charge in [-0.15, -0.1) is 10.2 Å². The number of aliphatic hydroxyl groups is 1. The molecule has 1 aliphatic carbocycles. The Balaban J connectivity index is 1.51. The van der Waals surface area contributed by atoms with Gasteiger partial charge in [-0.2, -0.15) is 0 Å². The van der Waals surface area contributed by atoms with Crippen molar-refractivity contribution in [2.45, 2.75) is 57.3 Å². The van der Waals surface area contributed by atoms with E-state index in [2.05, 4.69) is 34.7 Å². The predicted molar refractivity (Wildman–Crippen MR) is 95.8 cm³/mol. The van der Waals surface area contributed by atoms with E-state index in [0.29, 0.717) is 11.7 Å². The van der Waals surface area contributed by atoms with E-state index in [-0.39, 0.29) is 6.61 Å². The number of hydrogen-bond acceptors (Lipinski definition) is 5. The first-order valence-corrected chi connectivity index (χ1v) is 9.51. The first-order chi connectivity index (χ1) is 11.6. The summed E-state index contributed by atoms with van der Waals surface area (Å²) in [5.74, 6) is 3.07. The molecule has 3 rings (SSSR count). The Hall–Kier alpha value is -1.53. The van der Waals surface area contributed by atoms with Gasteiger partial charge in [0.25, 0.3) is 0 Å². The number of aromatic nitrogens is 3. The molecule has 0 spiro atoms. The first kappa shape index (κ1) is 17.3. The number of aryl methyl sites for hydroxylation is 2. The number of ether oxygens (including phenoxy) is 1. The topological polar surface area (TPSA) is 60.2 Å². The zero-order valence-corrected chi connectivity index (χ0v) is 15.3. The molecule has 2 aromatic rings. The minimum absolute atomic E-state index is 0.284. The van der Waals surface area contributed by atoms with E-state index in [1.807, 2.05) is 19.1 Å². The smallest absolute Gasteiger partial charge is 0.191 e. The van der Waals surface area contributed by atoms with Crippen molar-refractivity contribution in [2.24, 2.45) is 0 Å². The summed E-state index contributed by atoms with van der Waals surface area (Å²) >= 11 is 1.55. The van der Waals surface area contributed by atoms with Crippen molar-refractivity contribution in [3.05, 3.63) is 35.2 Å². The summed E-state index contributed by atoms with van der Waals surface area (Å²) in [6.45, 7) is 7.34. The highest BCUT2D eigenvalue weighted by molar-refractivity contribution is 7.99. The van der Waals surface area contributed by atoms with Crippen LogP contribution in [0.25, 0.3) is 0 Å². The minimum Gasteiger partial charge on any atom is -0.491 e. The fraction of sp³-hybridized carbons (Fsp3) is 0.556. The quantitative estimate of drug-likeness (QED) is 0.742. The molecule has 130 valence electrons. The van der Waals surface area contributed by atoms with Crippen molar-refractivity contribution in [3.63, 3.8) is 0 Å². The molecule has 5 nitrogen and oxygen atoms in total. The third-order valence-electron chi connectivity index (χ3n) is 4.17. The lowest BCUT2D eigenvalue weighted by atomic mass is 10.1. The molecule has 1 aromatic carbocycles. The molecule has 0 amide bonds. The second-order valence-electron chi connectivity index (χ2n) is 6.40. The highest BCUT2D eigenvalue weighted by Gasteiger charge is 2.30. The Labute approximate surface area is 147 Å². The molecule has 0 bridgehead atoms. The summed E-state index contributed by atoms with van der Waals surface area (Å²) in [5.41, 5.74) is 2.30. The molecule has 1 fully saturated rings. The third-order valence-corrected chi connectivity index (χ3v) is 5.28. The Morgan fingerprint density at radius 3 is 2.79 bits per heavy atom. The summed E-state index contributed by atoms with van der Waals surface area (Å²) < 4.78 is 7.91. The van der Waals surface area contributed by atoms with Crippen LogP contribution in [0.2, 0.25) is 0 Å². The standard InChI is InChI=1S/C18H25N3O2S/c1-4-21-17(14-6-7-14)19-20-18(21)24-11-15(22)10-23-16-8-5-12(2)9-13(16)3/h5,8-9,14-15,22H,4,6-7,10-11H2,1-3H3. The number of thioether (sulfide) groups is 1. The van der Waals surface area contributed by atoms with Crippen LogP contribution in [0.1, 0.15) is 42.6 Å². The Morgan fingerprint density at radius 1 is 1.33 bits per heavy atom. The van der Waals surface area contributed by atoms with Gasteiger partial charge in [0.15, 0.2) is 5.16 Å². The average molecular weight is 347 g/mol. The van der Waals surface area contributed by atoms with Crippen molar-refractivity contribution in [1.29, 1.82) is 0 Å². The average Bonchev–Trinajstić information content (AvgIpc) is 3.32. The van der Waals surface area contributed by atoms with Gasteiger partial charge in [-0.25, -0.2) is 0 Å². The molecule has 6 heteroatoms. The normalized spacial score (nSPS) is 15.5. The van der Waals surface area contributed by atoms with E-state index in [0.717, 1.165) is 28.8 Å². The van der Waals surface area contributed by atoms with Crippen LogP contribution in [-0.2, 0) is 6.54 Å². The SMILES string of the molecule is CCn1c(SCC(O)COc2ccc(C)cc2C)nnc1C1CC1. The monoisotopic (exact) mass is 347 g/mol. The van der Waals surface area contributed by atoms with Gasteiger partial charge >= 0.3 is 0 Å². The van der Waals surface area contributed by atoms with Crippen molar-refractivity contribution in [3.8, 4) is 5.75 Å². The molecule has 1 N–H and O–H groups in total. The van der Waals surface area contributed by atoms with Crippen molar-refractivity contribution in [1.82, 2.24) is 14.8 Å². The molecule has 0 aliphatic heterocycles. The molecule has 1 aliphatic rings. The van der Waals surface area contributed by atoms with Gasteiger partial charge in [0.2, 0.25) is 0 Å². The van der Waals surface area contributed by atoms with E-state index in [1.165, 1.54) is 18.4 Å². The largest absolute Gasteiger partial charge is 0.491 e. The molecule has 0 radical (unpaired) electrons. The summed E-state index contributed by atoms with van der Waals surface area (Å²) in [5, 5.41) is 19.7. The van der Waals surface area contributed by atoms with E-state index in [4.69, 9.17) is 4.74 Å². The van der Waals surface area contributed by atoms with E-state index in [1.54, 1.807) is 11.8 Å². The van der Waals surface area contributed by atoms with Gasteiger partial charge in [-0.3, -0.25) is 0 Å². The minimum atomic E-state index is -0.540. The zero-order chi connectivity index (χ0) is 17.1. The number of rotatable bonds is 8. The van der Waals surface area contributed by atoms with E-state index >= 15 is 0 Å². The van der Waals surface area contributed by atoms with Gasteiger partial charge in [-0.05, 0) is 45.2 Å². The van der Waals surface area contributed by atoms with Gasteiger partial charge in [0.05, 0.1) is 6.10 Å². The zero-order valence-electron chi connectivity index (χ0n) is 14.5. The molecule has 1 saturated carbocycles. The lowest BCUT2D eigenvalue weighted by molar-refractivity contribution is 0.126. The number of aliphatic hydroxyl groups excluding tert-OH is 1. The summed E-state index contributed by atoms with van der Waals surface area (Å²) in [6, 6.07) is 6.06. The van der Waals surface area contributed by atoms with Crippen molar-refractivity contribution < 1.29 is 9.84 Å². The second kappa shape index (κ2) is 7.57. The van der Waals surface area contributed by atoms with Crippen molar-refractivity contribution in [2.75, 3.05) is 12.4 Å². The molecule has 0 saturated heterocycles. The summed E-state index contributed by atoms with van der Waals surface area (Å²) in [6.07, 6.45) is 1.90. The maximum absolute atomic E-state index is 10.2. The molecule has 24 heavy (non-hydrogen) atoms. The van der Waals surface area contributed by atoms with Gasteiger partial charge in [0, 0.05) is 18.2 Å². The lowest BCUT2D eigenvalue weighted by Gasteiger charge is -2.14. The first-order valence-electron chi connectivity index (χ1n) is 8.52. The summed E-state index contributed by atoms with van der Waals surface area (Å²) in [4.78, 5) is 0. The highest BCUT2D eigenvalue weighted by atomic mass is 32.2. The van der Waals surface area contributed by atoms with E-state index in [9.17, 15) is 5.11 Å². The van der Waals surface area contributed by atoms with Crippen LogP contribution < -0.4 is 4.74 Å². The maximum Gasteiger partial charge on any atom is 0.191 e. The van der Waals surface area contributed by atoms with Crippen LogP contribution in [-0.4, -0.2) is 38.3 Å². The maximum atomic E-state index is 10.2. The van der Waals surface area contributed by atoms with Gasteiger partial charge < -0.3 is 14.4 Å². The second-order valence-corrected chi connectivity index (χ2v) is 7.39. The van der Waals surface area contributed by atoms with E-state index < -0.39 is 6.10 Å². The third kappa shape index (κ3) is 4.11. The number of hydrogen-bond donors (Lipinski definition) is 1. The molecular formula is C18H25N3O2S. The van der Waals surface area contributed by atoms with Crippen LogP contribution >= 0.6 is 11.8 Å². The van der Waals surface area contributed by atoms with Gasteiger partial charge in [-0.1, -0.05) is 29.5 Å². The fourth-order valence-electron chi connectivity index (χ4n) is 2.71. The highest BCUT2D eigenvalue weighted by Crippen LogP contribution is 2.40. The number of benzene rings is 1. The molecular weight excluding hydrogens is 322 g/mol. The van der Waals surface area contributed by atoms with Crippen LogP contribution in [0.4, 0.5) is 0 Å². The predicted octanol–water partition coefficient (Wildman–Crippen LogP) is 3.32. The van der Waals surface area contributed by atoms with Crippen molar-refractivity contribution >= 4 is 11.8 Å². The van der Waals surface area contributed by atoms with Crippen LogP contribution in [0.5, 0.6) is 5.75 Å². The summed E-state index contributed by atoms with van der Waals surface area (Å²) in [7, 11) is 0. The Kier molecular flexibility index (Phi) is 5.46. The Morgan fingerprint density at radius 2 is 2.12 bits per heavy atom. The lowest BCUT2D eigenvalue weighted by Crippen LogP contribution is -2.20.